The molecule has 0 heterocycles. The summed E-state index contributed by atoms with van der Waals surface area (Å²) < 4.78 is 0. The maximum Gasteiger partial charge on any atom is -0.0146 e. The highest BCUT2D eigenvalue weighted by Crippen LogP contribution is 2.35. The Morgan fingerprint density at radius 3 is 2.18 bits per heavy atom. The number of hydrogen-bond donors (Lipinski definition) is 0. The van der Waals surface area contributed by atoms with E-state index < -0.39 is 0 Å². The molecule has 0 saturated heterocycles. The van der Waals surface area contributed by atoms with Gasteiger partial charge in [0.05, 0.1) is 0 Å². The van der Waals surface area contributed by atoms with Crippen molar-refractivity contribution in [2.24, 2.45) is 0 Å². The zero-order valence-corrected chi connectivity index (χ0v) is 10.8. The van der Waals surface area contributed by atoms with E-state index in [9.17, 15) is 0 Å². The molecule has 0 heteroatoms. The van der Waals surface area contributed by atoms with Crippen LogP contribution >= 0.6 is 0 Å². The minimum Gasteiger partial charge on any atom is -0.0590 e. The zero-order valence-electron chi connectivity index (χ0n) is 10.8. The van der Waals surface area contributed by atoms with Crippen LogP contribution in [-0.2, 0) is 12.8 Å². The summed E-state index contributed by atoms with van der Waals surface area (Å²) in [5.74, 6) is 0. The van der Waals surface area contributed by atoms with Gasteiger partial charge in [0, 0.05) is 0 Å². The molecule has 0 nitrogen and oxygen atoms in total. The first-order valence-corrected chi connectivity index (χ1v) is 6.35. The van der Waals surface area contributed by atoms with Gasteiger partial charge >= 0.3 is 0 Å². The molecule has 0 fully saturated rings. The van der Waals surface area contributed by atoms with Gasteiger partial charge in [-0.25, -0.2) is 0 Å². The smallest absolute Gasteiger partial charge is 0.0146 e. The van der Waals surface area contributed by atoms with Gasteiger partial charge in [0.2, 0.25) is 0 Å². The Hall–Kier alpha value is -1.56. The van der Waals surface area contributed by atoms with E-state index in [0.717, 1.165) is 0 Å². The van der Waals surface area contributed by atoms with E-state index in [1.54, 1.807) is 0 Å². The van der Waals surface area contributed by atoms with Crippen molar-refractivity contribution in [2.75, 3.05) is 0 Å². The number of fused-ring (bicyclic) bond motifs is 3. The van der Waals surface area contributed by atoms with Gasteiger partial charge in [-0.1, -0.05) is 35.9 Å². The highest BCUT2D eigenvalue weighted by molar-refractivity contribution is 5.74. The van der Waals surface area contributed by atoms with E-state index in [1.807, 2.05) is 0 Å². The molecule has 1 aliphatic carbocycles. The predicted molar refractivity (Wildman–Crippen MR) is 73.5 cm³/mol. The third-order valence-corrected chi connectivity index (χ3v) is 3.94. The lowest BCUT2D eigenvalue weighted by Crippen LogP contribution is -2.05. The maximum atomic E-state index is 2.37. The molecule has 0 unspecified atom stereocenters. The van der Waals surface area contributed by atoms with Crippen LogP contribution in [0.1, 0.15) is 27.8 Å². The maximum absolute atomic E-state index is 2.37. The lowest BCUT2D eigenvalue weighted by atomic mass is 9.83. The van der Waals surface area contributed by atoms with Crippen molar-refractivity contribution in [1.29, 1.82) is 0 Å². The van der Waals surface area contributed by atoms with Crippen LogP contribution in [0.15, 0.2) is 30.3 Å². The third kappa shape index (κ3) is 1.68. The summed E-state index contributed by atoms with van der Waals surface area (Å²) in [4.78, 5) is 0. The molecule has 0 aromatic heterocycles. The van der Waals surface area contributed by atoms with Crippen LogP contribution in [0.25, 0.3) is 11.1 Å². The van der Waals surface area contributed by atoms with Crippen LogP contribution in [0, 0.1) is 20.8 Å². The van der Waals surface area contributed by atoms with Crippen molar-refractivity contribution in [3.63, 3.8) is 0 Å². The molecular weight excluding hydrogens is 204 g/mol. The van der Waals surface area contributed by atoms with E-state index in [2.05, 4.69) is 51.1 Å². The molecule has 1 aliphatic rings. The number of hydrogen-bond acceptors (Lipinski definition) is 0. The van der Waals surface area contributed by atoms with Crippen LogP contribution in [0.2, 0.25) is 0 Å². The molecule has 86 valence electrons. The fourth-order valence-corrected chi connectivity index (χ4v) is 2.76. The van der Waals surface area contributed by atoms with Crippen LogP contribution in [0.5, 0.6) is 0 Å². The standard InChI is InChI=1S/C17H18/c1-11-4-5-14-6-7-15-9-12(2)13(3)10-17(15)16(14)8-11/h4-5,8-10H,6-7H2,1-3H3. The summed E-state index contributed by atoms with van der Waals surface area (Å²) in [6, 6.07) is 11.6. The molecule has 0 saturated carbocycles. The van der Waals surface area contributed by atoms with Gasteiger partial charge in [0.1, 0.15) is 0 Å². The molecule has 0 aliphatic heterocycles. The molecule has 17 heavy (non-hydrogen) atoms. The summed E-state index contributed by atoms with van der Waals surface area (Å²) >= 11 is 0. The molecular formula is C17H18. The van der Waals surface area contributed by atoms with Crippen molar-refractivity contribution >= 4 is 0 Å². The predicted octanol–water partition coefficient (Wildman–Crippen LogP) is 4.38. The molecule has 0 radical (unpaired) electrons. The Labute approximate surface area is 103 Å². The zero-order chi connectivity index (χ0) is 12.0. The lowest BCUT2D eigenvalue weighted by molar-refractivity contribution is 0.936. The van der Waals surface area contributed by atoms with Crippen molar-refractivity contribution < 1.29 is 0 Å². The normalized spacial score (nSPS) is 13.1. The highest BCUT2D eigenvalue weighted by Gasteiger charge is 2.16. The number of aryl methyl sites for hydroxylation is 5. The van der Waals surface area contributed by atoms with Gasteiger partial charge in [-0.3, -0.25) is 0 Å². The van der Waals surface area contributed by atoms with E-state index >= 15 is 0 Å². The second-order valence-electron chi connectivity index (χ2n) is 5.25. The van der Waals surface area contributed by atoms with E-state index in [0.29, 0.717) is 0 Å². The van der Waals surface area contributed by atoms with E-state index in [4.69, 9.17) is 0 Å². The van der Waals surface area contributed by atoms with Gasteiger partial charge in [-0.05, 0) is 67.0 Å². The van der Waals surface area contributed by atoms with Gasteiger partial charge in [0.25, 0.3) is 0 Å². The Morgan fingerprint density at radius 2 is 1.35 bits per heavy atom. The molecule has 0 spiro atoms. The highest BCUT2D eigenvalue weighted by atomic mass is 14.2. The minimum absolute atomic E-state index is 1.19. The molecule has 0 amide bonds. The summed E-state index contributed by atoms with van der Waals surface area (Å²) in [6.45, 7) is 6.59. The number of benzene rings is 2. The topological polar surface area (TPSA) is 0 Å². The fraction of sp³-hybridized carbons (Fsp3) is 0.294. The SMILES string of the molecule is Cc1ccc2c(c1)-c1cc(C)c(C)cc1CC2. The molecule has 0 N–H and O–H groups in total. The van der Waals surface area contributed by atoms with Crippen molar-refractivity contribution in [3.8, 4) is 11.1 Å². The summed E-state index contributed by atoms with van der Waals surface area (Å²) in [6.07, 6.45) is 2.37. The second kappa shape index (κ2) is 3.73. The quantitative estimate of drug-likeness (QED) is 0.620. The van der Waals surface area contributed by atoms with Gasteiger partial charge in [-0.15, -0.1) is 0 Å². The molecule has 3 rings (SSSR count). The van der Waals surface area contributed by atoms with Gasteiger partial charge < -0.3 is 0 Å². The first-order valence-electron chi connectivity index (χ1n) is 6.35. The van der Waals surface area contributed by atoms with Crippen LogP contribution in [0.4, 0.5) is 0 Å². The Kier molecular flexibility index (Phi) is 2.32. The van der Waals surface area contributed by atoms with E-state index in [1.165, 1.54) is 51.8 Å². The summed E-state index contributed by atoms with van der Waals surface area (Å²) in [5.41, 5.74) is 10.1. The second-order valence-corrected chi connectivity index (χ2v) is 5.25. The lowest BCUT2D eigenvalue weighted by Gasteiger charge is -2.21. The van der Waals surface area contributed by atoms with Gasteiger partial charge in [-0.2, -0.15) is 0 Å². The minimum atomic E-state index is 1.19. The fourth-order valence-electron chi connectivity index (χ4n) is 2.76. The third-order valence-electron chi connectivity index (χ3n) is 3.94. The van der Waals surface area contributed by atoms with Crippen molar-refractivity contribution in [3.05, 3.63) is 58.1 Å². The molecule has 0 bridgehead atoms. The average Bonchev–Trinajstić information content (AvgIpc) is 2.31. The monoisotopic (exact) mass is 222 g/mol. The summed E-state index contributed by atoms with van der Waals surface area (Å²) in [5, 5.41) is 0. The first-order chi connectivity index (χ1) is 8.15. The first kappa shape index (κ1) is 10.6. The van der Waals surface area contributed by atoms with Crippen LogP contribution in [-0.4, -0.2) is 0 Å². The van der Waals surface area contributed by atoms with Crippen LogP contribution < -0.4 is 0 Å². The number of rotatable bonds is 0. The molecule has 2 aromatic rings. The summed E-state index contributed by atoms with van der Waals surface area (Å²) in [7, 11) is 0. The molecule has 2 aromatic carbocycles. The van der Waals surface area contributed by atoms with Gasteiger partial charge in [0.15, 0.2) is 0 Å². The van der Waals surface area contributed by atoms with Crippen LogP contribution in [0.3, 0.4) is 0 Å². The molecule has 0 atom stereocenters. The largest absolute Gasteiger partial charge is 0.0590 e. The Balaban J connectivity index is 2.28. The van der Waals surface area contributed by atoms with Crippen molar-refractivity contribution in [2.45, 2.75) is 33.6 Å². The Bertz CT molecular complexity index is 591. The van der Waals surface area contributed by atoms with E-state index in [-0.39, 0.29) is 0 Å². The Morgan fingerprint density at radius 1 is 0.706 bits per heavy atom. The van der Waals surface area contributed by atoms with Crippen molar-refractivity contribution in [1.82, 2.24) is 0 Å². The average molecular weight is 222 g/mol.